The summed E-state index contributed by atoms with van der Waals surface area (Å²) in [6.45, 7) is 1.70. The highest BCUT2D eigenvalue weighted by atomic mass is 19.4. The quantitative estimate of drug-likeness (QED) is 0.246. The van der Waals surface area contributed by atoms with Crippen LogP contribution >= 0.6 is 0 Å². The second-order valence-electron chi connectivity index (χ2n) is 8.11. The summed E-state index contributed by atoms with van der Waals surface area (Å²) in [6.07, 6.45) is -0.731. The van der Waals surface area contributed by atoms with Gasteiger partial charge in [-0.2, -0.15) is 26.3 Å². The first kappa shape index (κ1) is 31.7. The maximum atomic E-state index is 10.7. The first-order valence-corrected chi connectivity index (χ1v) is 10.9. The summed E-state index contributed by atoms with van der Waals surface area (Å²) >= 11 is 0. The normalized spacial score (nSPS) is 22.0. The van der Waals surface area contributed by atoms with E-state index in [4.69, 9.17) is 25.5 Å². The molecule has 0 spiro atoms. The van der Waals surface area contributed by atoms with E-state index in [1.165, 1.54) is 25.2 Å². The molecule has 0 amide bonds. The van der Waals surface area contributed by atoms with Crippen LogP contribution in [0.4, 0.5) is 38.0 Å². The second kappa shape index (κ2) is 13.9. The summed E-state index contributed by atoms with van der Waals surface area (Å²) in [7, 11) is 0. The van der Waals surface area contributed by atoms with Crippen LogP contribution in [0.5, 0.6) is 0 Å². The van der Waals surface area contributed by atoms with Crippen molar-refractivity contribution >= 4 is 23.6 Å². The van der Waals surface area contributed by atoms with E-state index in [9.17, 15) is 36.5 Å². The number of hydrogen-bond acceptors (Lipinski definition) is 9. The first-order valence-electron chi connectivity index (χ1n) is 10.9. The van der Waals surface area contributed by atoms with Crippen molar-refractivity contribution in [1.82, 2.24) is 15.3 Å². The number of rotatable bonds is 4. The van der Waals surface area contributed by atoms with Gasteiger partial charge in [-0.05, 0) is 25.7 Å². The maximum absolute atomic E-state index is 10.7. The first-order chi connectivity index (χ1) is 17.0. The lowest BCUT2D eigenvalue weighted by Gasteiger charge is -2.38. The largest absolute Gasteiger partial charge is 0.490 e. The molecule has 2 heterocycles. The topological polar surface area (TPSA) is 185 Å². The third-order valence-corrected chi connectivity index (χ3v) is 5.29. The lowest BCUT2D eigenvalue weighted by molar-refractivity contribution is -0.385. The zero-order valence-electron chi connectivity index (χ0n) is 19.2. The molecule has 1 saturated carbocycles. The van der Waals surface area contributed by atoms with E-state index in [1.807, 2.05) is 0 Å². The molecule has 37 heavy (non-hydrogen) atoms. The van der Waals surface area contributed by atoms with Crippen LogP contribution in [0, 0.1) is 10.1 Å². The minimum Gasteiger partial charge on any atom is -0.475 e. The molecule has 12 nitrogen and oxygen atoms in total. The van der Waals surface area contributed by atoms with Gasteiger partial charge in [0.25, 0.3) is 0 Å². The highest BCUT2D eigenvalue weighted by Gasteiger charge is 2.39. The fourth-order valence-corrected chi connectivity index (χ4v) is 3.54. The van der Waals surface area contributed by atoms with E-state index in [0.29, 0.717) is 18.0 Å². The number of aliphatic carboxylic acids is 2. The molecule has 1 aromatic rings. The van der Waals surface area contributed by atoms with Gasteiger partial charge in [-0.3, -0.25) is 10.1 Å². The molecule has 3 atom stereocenters. The van der Waals surface area contributed by atoms with Gasteiger partial charge in [0.15, 0.2) is 0 Å². The Morgan fingerprint density at radius 1 is 1.00 bits per heavy atom. The number of aromatic nitrogens is 2. The smallest absolute Gasteiger partial charge is 0.475 e. The van der Waals surface area contributed by atoms with Gasteiger partial charge in [0.05, 0.1) is 4.92 Å². The Morgan fingerprint density at radius 3 is 1.92 bits per heavy atom. The average Bonchev–Trinajstić information content (AvgIpc) is 2.80. The number of nitrogens with two attached hydrogens (primary N) is 1. The molecular weight excluding hydrogens is 522 g/mol. The summed E-state index contributed by atoms with van der Waals surface area (Å²) in [5.41, 5.74) is 6.15. The Labute approximate surface area is 206 Å². The van der Waals surface area contributed by atoms with E-state index in [0.717, 1.165) is 38.8 Å². The van der Waals surface area contributed by atoms with Gasteiger partial charge < -0.3 is 26.2 Å². The summed E-state index contributed by atoms with van der Waals surface area (Å²) in [5, 5.41) is 28.6. The van der Waals surface area contributed by atoms with Crippen LogP contribution < -0.4 is 16.0 Å². The molecule has 1 aliphatic carbocycles. The molecule has 2 aliphatic rings. The summed E-state index contributed by atoms with van der Waals surface area (Å²) in [4.78, 5) is 38.4. The van der Waals surface area contributed by atoms with Crippen molar-refractivity contribution in [3.8, 4) is 0 Å². The number of nitrogens with one attached hydrogen (secondary N) is 1. The van der Waals surface area contributed by atoms with Crippen molar-refractivity contribution in [2.75, 3.05) is 18.0 Å². The average molecular weight is 548 g/mol. The minimum atomic E-state index is -5.08. The number of carbonyl (C=O) groups is 2. The van der Waals surface area contributed by atoms with Gasteiger partial charge in [-0.1, -0.05) is 12.8 Å². The van der Waals surface area contributed by atoms with Crippen LogP contribution in [0.2, 0.25) is 0 Å². The highest BCUT2D eigenvalue weighted by Crippen LogP contribution is 2.21. The molecule has 1 aromatic heterocycles. The molecule has 210 valence electrons. The number of nitrogens with zero attached hydrogens (tertiary/aromatic N) is 4. The van der Waals surface area contributed by atoms with Gasteiger partial charge in [-0.15, -0.1) is 0 Å². The lowest BCUT2D eigenvalue weighted by atomic mass is 9.90. The van der Waals surface area contributed by atoms with Crippen molar-refractivity contribution in [1.29, 1.82) is 0 Å². The minimum absolute atomic E-state index is 0.0754. The number of anilines is 1. The fraction of sp³-hybridized carbons (Fsp3) is 0.684. The molecule has 0 aromatic carbocycles. The van der Waals surface area contributed by atoms with Gasteiger partial charge in [-0.25, -0.2) is 19.6 Å². The molecule has 0 unspecified atom stereocenters. The number of hydrogen-bond donors (Lipinski definition) is 4. The summed E-state index contributed by atoms with van der Waals surface area (Å²) < 4.78 is 63.5. The number of carboxylic acid groups (broad SMARTS) is 2. The van der Waals surface area contributed by atoms with Gasteiger partial charge in [0, 0.05) is 31.2 Å². The third-order valence-electron chi connectivity index (χ3n) is 5.29. The zero-order valence-corrected chi connectivity index (χ0v) is 19.2. The lowest BCUT2D eigenvalue weighted by Crippen LogP contribution is -2.55. The number of piperidine rings is 1. The molecule has 3 rings (SSSR count). The highest BCUT2D eigenvalue weighted by molar-refractivity contribution is 5.73. The Kier molecular flexibility index (Phi) is 11.9. The Bertz CT molecular complexity index is 877. The number of carboxylic acids is 2. The SMILES string of the molecule is N[C@@H]1CCCC[C@H]1N[C@H]1CCCN(c2ncc([N+](=O)[O-])cn2)C1.O=C(O)C(F)(F)F.O=C(O)C(F)(F)F. The number of alkyl halides is 6. The van der Waals surface area contributed by atoms with E-state index in [1.54, 1.807) is 0 Å². The van der Waals surface area contributed by atoms with E-state index < -0.39 is 29.2 Å². The molecule has 1 saturated heterocycles. The Balaban J connectivity index is 0.000000404. The molecule has 5 N–H and O–H groups in total. The zero-order chi connectivity index (χ0) is 28.4. The standard InChI is InChI=1S/C15H24N6O2.2C2HF3O2/c16-13-5-1-2-6-14(13)19-11-4-3-7-20(10-11)15-17-8-12(9-18-15)21(22)23;2*3-2(4,5)1(6)7/h8-9,11,13-14,19H,1-7,10,16H2;2*(H,6,7)/t11-,13+,14+;;/m0../s1. The van der Waals surface area contributed by atoms with Crippen molar-refractivity contribution in [3.63, 3.8) is 0 Å². The van der Waals surface area contributed by atoms with Crippen LogP contribution in [-0.2, 0) is 9.59 Å². The third kappa shape index (κ3) is 11.5. The summed E-state index contributed by atoms with van der Waals surface area (Å²) in [6, 6.07) is 1.01. The molecular formula is C19H26F6N6O6. The molecule has 1 aliphatic heterocycles. The van der Waals surface area contributed by atoms with E-state index in [2.05, 4.69) is 20.2 Å². The van der Waals surface area contributed by atoms with Crippen molar-refractivity contribution in [2.45, 2.75) is 69.0 Å². The van der Waals surface area contributed by atoms with Crippen molar-refractivity contribution in [2.24, 2.45) is 5.73 Å². The van der Waals surface area contributed by atoms with E-state index >= 15 is 0 Å². The number of halogens is 6. The fourth-order valence-electron chi connectivity index (χ4n) is 3.54. The van der Waals surface area contributed by atoms with Crippen LogP contribution in [0.25, 0.3) is 0 Å². The molecule has 0 radical (unpaired) electrons. The van der Waals surface area contributed by atoms with Crippen molar-refractivity contribution in [3.05, 3.63) is 22.5 Å². The van der Waals surface area contributed by atoms with Crippen molar-refractivity contribution < 1.29 is 51.1 Å². The molecule has 2 fully saturated rings. The van der Waals surface area contributed by atoms with E-state index in [-0.39, 0.29) is 11.7 Å². The van der Waals surface area contributed by atoms with Crippen LogP contribution in [0.15, 0.2) is 12.4 Å². The monoisotopic (exact) mass is 548 g/mol. The van der Waals surface area contributed by atoms with Crippen LogP contribution in [0.1, 0.15) is 38.5 Å². The Hall–Kier alpha value is -3.28. The van der Waals surface area contributed by atoms with Gasteiger partial charge >= 0.3 is 30.0 Å². The van der Waals surface area contributed by atoms with Gasteiger partial charge in [0.1, 0.15) is 12.4 Å². The van der Waals surface area contributed by atoms with Gasteiger partial charge in [0.2, 0.25) is 5.95 Å². The second-order valence-corrected chi connectivity index (χ2v) is 8.11. The Morgan fingerprint density at radius 2 is 1.49 bits per heavy atom. The van der Waals surface area contributed by atoms with Crippen LogP contribution in [-0.4, -0.2) is 80.6 Å². The summed E-state index contributed by atoms with van der Waals surface area (Å²) in [5.74, 6) is -4.95. The van der Waals surface area contributed by atoms with Crippen LogP contribution in [0.3, 0.4) is 0 Å². The predicted octanol–water partition coefficient (Wildman–Crippen LogP) is 2.48. The predicted molar refractivity (Wildman–Crippen MR) is 115 cm³/mol. The number of nitro groups is 1. The maximum Gasteiger partial charge on any atom is 0.490 e. The molecule has 18 heteroatoms. The molecule has 0 bridgehead atoms.